The summed E-state index contributed by atoms with van der Waals surface area (Å²) in [6.45, 7) is 0. The molecular formula is C9H9O2Se. The van der Waals surface area contributed by atoms with Gasteiger partial charge in [0.2, 0.25) is 0 Å². The molecule has 0 aliphatic heterocycles. The van der Waals surface area contributed by atoms with E-state index in [0.29, 0.717) is 6.42 Å². The Morgan fingerprint density at radius 3 is 2.67 bits per heavy atom. The van der Waals surface area contributed by atoms with E-state index in [1.165, 1.54) is 0 Å². The first-order valence-corrected chi connectivity index (χ1v) is 4.52. The summed E-state index contributed by atoms with van der Waals surface area (Å²) in [5.41, 5.74) is 1.07. The first-order valence-electron chi connectivity index (χ1n) is 3.67. The van der Waals surface area contributed by atoms with E-state index in [1.54, 1.807) is 0 Å². The van der Waals surface area contributed by atoms with Crippen molar-refractivity contribution in [2.24, 2.45) is 0 Å². The topological polar surface area (TPSA) is 37.3 Å². The molecule has 63 valence electrons. The van der Waals surface area contributed by atoms with Crippen molar-refractivity contribution >= 4 is 26.4 Å². The fourth-order valence-corrected chi connectivity index (χ4v) is 1.47. The van der Waals surface area contributed by atoms with Gasteiger partial charge in [0.15, 0.2) is 0 Å². The van der Waals surface area contributed by atoms with Crippen LogP contribution in [0.1, 0.15) is 12.0 Å². The zero-order chi connectivity index (χ0) is 8.97. The Kier molecular flexibility index (Phi) is 3.32. The fourth-order valence-electron chi connectivity index (χ4n) is 0.952. The molecule has 0 aliphatic rings. The van der Waals surface area contributed by atoms with Crippen LogP contribution in [0.5, 0.6) is 0 Å². The predicted molar refractivity (Wildman–Crippen MR) is 47.8 cm³/mol. The van der Waals surface area contributed by atoms with Gasteiger partial charge >= 0.3 is 79.0 Å². The number of aliphatic carboxylic acids is 1. The molecule has 0 saturated carbocycles. The molecule has 0 heterocycles. The van der Waals surface area contributed by atoms with Gasteiger partial charge in [0.25, 0.3) is 0 Å². The molecule has 0 atom stereocenters. The van der Waals surface area contributed by atoms with E-state index < -0.39 is 5.97 Å². The van der Waals surface area contributed by atoms with E-state index in [0.717, 1.165) is 10.0 Å². The third kappa shape index (κ3) is 2.68. The zero-order valence-corrected chi connectivity index (χ0v) is 8.20. The molecule has 1 N–H and O–H groups in total. The number of aryl methyl sites for hydroxylation is 1. The summed E-state index contributed by atoms with van der Waals surface area (Å²) >= 11 is 2.90. The Bertz CT molecular complexity index is 284. The van der Waals surface area contributed by atoms with Gasteiger partial charge in [0.1, 0.15) is 0 Å². The van der Waals surface area contributed by atoms with Gasteiger partial charge in [-0.25, -0.2) is 0 Å². The Hall–Kier alpha value is -0.791. The second-order valence-corrected chi connectivity index (χ2v) is 3.42. The molecule has 1 aromatic carbocycles. The van der Waals surface area contributed by atoms with Crippen molar-refractivity contribution in [2.75, 3.05) is 0 Å². The van der Waals surface area contributed by atoms with Crippen molar-refractivity contribution in [3.05, 3.63) is 29.8 Å². The van der Waals surface area contributed by atoms with Crippen LogP contribution in [-0.4, -0.2) is 27.1 Å². The first kappa shape index (κ1) is 9.30. The van der Waals surface area contributed by atoms with Gasteiger partial charge in [-0.1, -0.05) is 0 Å². The summed E-state index contributed by atoms with van der Waals surface area (Å²) in [4.78, 5) is 10.3. The van der Waals surface area contributed by atoms with Gasteiger partial charge in [-0.05, 0) is 0 Å². The minimum absolute atomic E-state index is 0.193. The van der Waals surface area contributed by atoms with Gasteiger partial charge in [-0.15, -0.1) is 0 Å². The van der Waals surface area contributed by atoms with E-state index in [-0.39, 0.29) is 6.42 Å². The van der Waals surface area contributed by atoms with Crippen molar-refractivity contribution in [3.63, 3.8) is 0 Å². The third-order valence-corrected chi connectivity index (χ3v) is 2.42. The van der Waals surface area contributed by atoms with Crippen molar-refractivity contribution in [2.45, 2.75) is 12.8 Å². The van der Waals surface area contributed by atoms with E-state index in [2.05, 4.69) is 16.0 Å². The van der Waals surface area contributed by atoms with Crippen LogP contribution in [0.15, 0.2) is 24.3 Å². The SMILES string of the molecule is O=C(O)CCc1ccccc1[Se]. The van der Waals surface area contributed by atoms with Crippen LogP contribution in [0.25, 0.3) is 0 Å². The van der Waals surface area contributed by atoms with Crippen LogP contribution in [0.2, 0.25) is 0 Å². The molecule has 1 aromatic rings. The van der Waals surface area contributed by atoms with Gasteiger partial charge in [-0.2, -0.15) is 0 Å². The van der Waals surface area contributed by atoms with Crippen molar-refractivity contribution in [1.29, 1.82) is 0 Å². The average molecular weight is 228 g/mol. The van der Waals surface area contributed by atoms with Crippen LogP contribution >= 0.6 is 0 Å². The molecule has 0 aromatic heterocycles. The van der Waals surface area contributed by atoms with Crippen molar-refractivity contribution in [1.82, 2.24) is 0 Å². The van der Waals surface area contributed by atoms with E-state index in [9.17, 15) is 4.79 Å². The van der Waals surface area contributed by atoms with Gasteiger partial charge in [-0.3, -0.25) is 0 Å². The molecule has 1 rings (SSSR count). The van der Waals surface area contributed by atoms with Crippen LogP contribution in [0, 0.1) is 0 Å². The summed E-state index contributed by atoms with van der Waals surface area (Å²) in [5.74, 6) is -0.752. The number of hydrogen-bond donors (Lipinski definition) is 1. The summed E-state index contributed by atoms with van der Waals surface area (Å²) in [5, 5.41) is 8.46. The Balaban J connectivity index is 2.63. The van der Waals surface area contributed by atoms with Crippen molar-refractivity contribution < 1.29 is 9.90 Å². The second kappa shape index (κ2) is 4.29. The normalized spacial score (nSPS) is 9.67. The number of rotatable bonds is 3. The minimum atomic E-state index is -0.752. The molecule has 3 heteroatoms. The molecule has 0 fully saturated rings. The van der Waals surface area contributed by atoms with Gasteiger partial charge in [0, 0.05) is 0 Å². The zero-order valence-electron chi connectivity index (χ0n) is 6.49. The van der Waals surface area contributed by atoms with E-state index in [4.69, 9.17) is 5.11 Å². The number of benzene rings is 1. The average Bonchev–Trinajstić information content (AvgIpc) is 2.03. The predicted octanol–water partition coefficient (Wildman–Crippen LogP) is 0.498. The molecule has 1 radical (unpaired) electrons. The Labute approximate surface area is 79.4 Å². The van der Waals surface area contributed by atoms with E-state index in [1.807, 2.05) is 24.3 Å². The molecule has 0 bridgehead atoms. The molecule has 12 heavy (non-hydrogen) atoms. The number of carboxylic acids is 1. The number of hydrogen-bond acceptors (Lipinski definition) is 1. The molecule has 0 amide bonds. The van der Waals surface area contributed by atoms with Gasteiger partial charge < -0.3 is 0 Å². The van der Waals surface area contributed by atoms with E-state index >= 15 is 0 Å². The molecule has 2 nitrogen and oxygen atoms in total. The summed E-state index contributed by atoms with van der Waals surface area (Å²) in [6, 6.07) is 7.72. The second-order valence-electron chi connectivity index (χ2n) is 2.50. The summed E-state index contributed by atoms with van der Waals surface area (Å²) in [7, 11) is 0. The molecule has 0 saturated heterocycles. The van der Waals surface area contributed by atoms with Crippen LogP contribution < -0.4 is 4.46 Å². The quantitative estimate of drug-likeness (QED) is 0.765. The number of carbonyl (C=O) groups is 1. The van der Waals surface area contributed by atoms with Crippen LogP contribution in [0.3, 0.4) is 0 Å². The fraction of sp³-hybridized carbons (Fsp3) is 0.222. The summed E-state index contributed by atoms with van der Waals surface area (Å²) < 4.78 is 1.04. The standard InChI is InChI=1S/C9H9O2Se/c10-9(11)6-5-7-3-1-2-4-8(7)12/h1-4H,5-6H2,(H,10,11). The Morgan fingerprint density at radius 1 is 1.42 bits per heavy atom. The maximum atomic E-state index is 10.3. The van der Waals surface area contributed by atoms with Gasteiger partial charge in [0.05, 0.1) is 0 Å². The van der Waals surface area contributed by atoms with Crippen LogP contribution in [-0.2, 0) is 11.2 Å². The monoisotopic (exact) mass is 229 g/mol. The molecule has 0 spiro atoms. The molecule has 0 aliphatic carbocycles. The van der Waals surface area contributed by atoms with Crippen molar-refractivity contribution in [3.8, 4) is 0 Å². The Morgan fingerprint density at radius 2 is 2.08 bits per heavy atom. The molecule has 0 unspecified atom stereocenters. The summed E-state index contributed by atoms with van der Waals surface area (Å²) in [6.07, 6.45) is 0.789. The number of carboxylic acid groups (broad SMARTS) is 1. The third-order valence-electron chi connectivity index (χ3n) is 1.58. The maximum absolute atomic E-state index is 10.3. The van der Waals surface area contributed by atoms with Crippen LogP contribution in [0.4, 0.5) is 0 Å². The first-order chi connectivity index (χ1) is 5.70. The molecular weight excluding hydrogens is 219 g/mol.